The second-order valence-electron chi connectivity index (χ2n) is 4.54. The fourth-order valence-electron chi connectivity index (χ4n) is 1.80. The molecule has 0 aliphatic rings. The molecule has 0 spiro atoms. The molecule has 1 aromatic carbocycles. The van der Waals surface area contributed by atoms with Gasteiger partial charge in [-0.05, 0) is 30.4 Å². The van der Waals surface area contributed by atoms with E-state index in [4.69, 9.17) is 19.6 Å². The fourth-order valence-corrected chi connectivity index (χ4v) is 1.80. The van der Waals surface area contributed by atoms with Crippen LogP contribution in [0.3, 0.4) is 0 Å². The smallest absolute Gasteiger partial charge is 0.258 e. The van der Waals surface area contributed by atoms with Crippen molar-refractivity contribution < 1.29 is 14.4 Å². The quantitative estimate of drug-likeness (QED) is 0.618. The lowest BCUT2D eigenvalue weighted by molar-refractivity contribution is 0.201. The molecule has 0 aliphatic carbocycles. The van der Waals surface area contributed by atoms with Crippen LogP contribution in [0.2, 0.25) is 0 Å². The van der Waals surface area contributed by atoms with Gasteiger partial charge in [0.2, 0.25) is 0 Å². The van der Waals surface area contributed by atoms with E-state index in [-0.39, 0.29) is 19.1 Å². The Morgan fingerprint density at radius 2 is 2.21 bits per heavy atom. The van der Waals surface area contributed by atoms with Crippen molar-refractivity contribution in [2.75, 3.05) is 20.3 Å². The molecule has 7 nitrogen and oxygen atoms in total. The van der Waals surface area contributed by atoms with E-state index in [9.17, 15) is 0 Å². The Kier molecular flexibility index (Phi) is 6.44. The maximum Gasteiger partial charge on any atom is 0.258 e. The molecule has 0 aliphatic heterocycles. The van der Waals surface area contributed by atoms with E-state index in [0.717, 1.165) is 0 Å². The molecule has 0 saturated carbocycles. The van der Waals surface area contributed by atoms with Crippen LogP contribution >= 0.6 is 0 Å². The molecule has 0 unspecified atom stereocenters. The van der Waals surface area contributed by atoms with Crippen LogP contribution in [0.5, 0.6) is 5.75 Å². The van der Waals surface area contributed by atoms with Gasteiger partial charge >= 0.3 is 0 Å². The number of benzene rings is 1. The molecule has 1 N–H and O–H groups in total. The van der Waals surface area contributed by atoms with E-state index in [1.807, 2.05) is 6.07 Å². The van der Waals surface area contributed by atoms with Gasteiger partial charge in [-0.15, -0.1) is 0 Å². The molecule has 2 rings (SSSR count). The van der Waals surface area contributed by atoms with Crippen molar-refractivity contribution >= 4 is 12.3 Å². The van der Waals surface area contributed by atoms with Gasteiger partial charge in [-0.25, -0.2) is 0 Å². The van der Waals surface area contributed by atoms with Crippen molar-refractivity contribution in [2.45, 2.75) is 0 Å². The van der Waals surface area contributed by atoms with Gasteiger partial charge in [-0.3, -0.25) is 4.99 Å². The van der Waals surface area contributed by atoms with Gasteiger partial charge < -0.3 is 14.4 Å². The second-order valence-corrected chi connectivity index (χ2v) is 4.54. The molecule has 0 saturated heterocycles. The molecule has 2 aromatic rings. The number of aliphatic imine (C=N–C) groups is 1. The highest BCUT2D eigenvalue weighted by molar-refractivity contribution is 5.71. The first kappa shape index (κ1) is 17.1. The number of ether oxygens (including phenoxy) is 1. The van der Waals surface area contributed by atoms with Crippen LogP contribution in [0.25, 0.3) is 17.5 Å². The third-order valence-corrected chi connectivity index (χ3v) is 2.79. The molecule has 0 bridgehead atoms. The molecular formula is C17H16N4O3. The lowest BCUT2D eigenvalue weighted by Gasteiger charge is -2.05. The SMILES string of the molecule is CN=C/C=C\C=C\c1noc(-c2cc(C#N)cc(OCCO)c2)n1. The van der Waals surface area contributed by atoms with E-state index in [1.165, 1.54) is 0 Å². The zero-order chi connectivity index (χ0) is 17.2. The van der Waals surface area contributed by atoms with Crippen LogP contribution in [0, 0.1) is 11.3 Å². The van der Waals surface area contributed by atoms with Crippen molar-refractivity contribution in [1.82, 2.24) is 10.1 Å². The standard InChI is InChI=1S/C17H16N4O3/c1-19-6-4-2-3-5-16-20-17(24-21-16)14-9-13(12-18)10-15(11-14)23-8-7-22/h2-6,9-11,22H,7-8H2,1H3/b4-2-,5-3+,19-6?. The van der Waals surface area contributed by atoms with Gasteiger partial charge in [0.05, 0.1) is 18.2 Å². The van der Waals surface area contributed by atoms with E-state index in [2.05, 4.69) is 15.1 Å². The predicted molar refractivity (Wildman–Crippen MR) is 89.6 cm³/mol. The molecule has 7 heteroatoms. The van der Waals surface area contributed by atoms with E-state index in [1.54, 1.807) is 55.8 Å². The summed E-state index contributed by atoms with van der Waals surface area (Å²) < 4.78 is 10.6. The summed E-state index contributed by atoms with van der Waals surface area (Å²) in [4.78, 5) is 8.07. The molecule has 0 fully saturated rings. The third-order valence-electron chi connectivity index (χ3n) is 2.79. The first-order chi connectivity index (χ1) is 11.8. The summed E-state index contributed by atoms with van der Waals surface area (Å²) in [5.41, 5.74) is 0.973. The summed E-state index contributed by atoms with van der Waals surface area (Å²) in [6.45, 7) is 0.0252. The molecule has 1 aromatic heterocycles. The molecule has 122 valence electrons. The third kappa shape index (κ3) is 4.90. The Labute approximate surface area is 139 Å². The summed E-state index contributed by atoms with van der Waals surface area (Å²) >= 11 is 0. The number of hydrogen-bond donors (Lipinski definition) is 1. The van der Waals surface area contributed by atoms with Crippen molar-refractivity contribution in [3.05, 3.63) is 47.8 Å². The number of nitriles is 1. The highest BCUT2D eigenvalue weighted by atomic mass is 16.5. The number of allylic oxidation sites excluding steroid dienone is 3. The molecule has 24 heavy (non-hydrogen) atoms. The van der Waals surface area contributed by atoms with Crippen LogP contribution in [-0.2, 0) is 0 Å². The van der Waals surface area contributed by atoms with Gasteiger partial charge in [-0.1, -0.05) is 17.3 Å². The second kappa shape index (κ2) is 9.02. The summed E-state index contributed by atoms with van der Waals surface area (Å²) in [6, 6.07) is 6.93. The number of nitrogens with zero attached hydrogens (tertiary/aromatic N) is 4. The maximum absolute atomic E-state index is 9.10. The summed E-state index contributed by atoms with van der Waals surface area (Å²) in [5.74, 6) is 1.14. The topological polar surface area (TPSA) is 105 Å². The number of aliphatic hydroxyl groups is 1. The van der Waals surface area contributed by atoms with Crippen molar-refractivity contribution in [3.63, 3.8) is 0 Å². The molecule has 0 amide bonds. The largest absolute Gasteiger partial charge is 0.491 e. The lowest BCUT2D eigenvalue weighted by Crippen LogP contribution is -2.01. The first-order valence-electron chi connectivity index (χ1n) is 7.15. The number of aliphatic hydroxyl groups excluding tert-OH is 1. The Balaban J connectivity index is 2.21. The van der Waals surface area contributed by atoms with Crippen LogP contribution in [0.4, 0.5) is 0 Å². The zero-order valence-electron chi connectivity index (χ0n) is 13.1. The zero-order valence-corrected chi connectivity index (χ0v) is 13.1. The fraction of sp³-hybridized carbons (Fsp3) is 0.176. The van der Waals surface area contributed by atoms with E-state index >= 15 is 0 Å². The summed E-state index contributed by atoms with van der Waals surface area (Å²) in [5, 5.41) is 21.8. The highest BCUT2D eigenvalue weighted by Gasteiger charge is 2.10. The maximum atomic E-state index is 9.10. The number of aromatic nitrogens is 2. The molecule has 0 atom stereocenters. The molecule has 1 heterocycles. The van der Waals surface area contributed by atoms with E-state index < -0.39 is 0 Å². The van der Waals surface area contributed by atoms with Gasteiger partial charge in [-0.2, -0.15) is 10.2 Å². The van der Waals surface area contributed by atoms with E-state index in [0.29, 0.717) is 22.7 Å². The summed E-state index contributed by atoms with van der Waals surface area (Å²) in [6.07, 6.45) is 8.67. The minimum atomic E-state index is -0.113. The Morgan fingerprint density at radius 1 is 1.33 bits per heavy atom. The van der Waals surface area contributed by atoms with Crippen LogP contribution in [0.1, 0.15) is 11.4 Å². The normalized spacial score (nSPS) is 11.5. The Hall–Kier alpha value is -3.24. The monoisotopic (exact) mass is 324 g/mol. The van der Waals surface area contributed by atoms with Gasteiger partial charge in [0, 0.05) is 18.8 Å². The Morgan fingerprint density at radius 3 is 2.96 bits per heavy atom. The van der Waals surface area contributed by atoms with Crippen LogP contribution < -0.4 is 4.74 Å². The van der Waals surface area contributed by atoms with Crippen LogP contribution in [-0.4, -0.2) is 41.7 Å². The Bertz CT molecular complexity index is 800. The number of rotatable bonds is 7. The van der Waals surface area contributed by atoms with Crippen molar-refractivity contribution in [1.29, 1.82) is 5.26 Å². The van der Waals surface area contributed by atoms with Gasteiger partial charge in [0.25, 0.3) is 5.89 Å². The van der Waals surface area contributed by atoms with Gasteiger partial charge in [0.15, 0.2) is 5.82 Å². The average molecular weight is 324 g/mol. The predicted octanol–water partition coefficient (Wildman–Crippen LogP) is 2.25. The first-order valence-corrected chi connectivity index (χ1v) is 7.15. The minimum absolute atomic E-state index is 0.113. The van der Waals surface area contributed by atoms with Crippen molar-refractivity contribution in [3.8, 4) is 23.3 Å². The highest BCUT2D eigenvalue weighted by Crippen LogP contribution is 2.25. The van der Waals surface area contributed by atoms with Crippen molar-refractivity contribution in [2.24, 2.45) is 4.99 Å². The lowest BCUT2D eigenvalue weighted by atomic mass is 10.1. The van der Waals surface area contributed by atoms with Crippen LogP contribution in [0.15, 0.2) is 45.9 Å². The minimum Gasteiger partial charge on any atom is -0.491 e. The number of hydrogen-bond acceptors (Lipinski definition) is 7. The molecule has 0 radical (unpaired) electrons. The average Bonchev–Trinajstić information content (AvgIpc) is 3.08. The summed E-state index contributed by atoms with van der Waals surface area (Å²) in [7, 11) is 1.69. The molecular weight excluding hydrogens is 308 g/mol. The van der Waals surface area contributed by atoms with Gasteiger partial charge in [0.1, 0.15) is 12.4 Å².